The van der Waals surface area contributed by atoms with Crippen LogP contribution in [-0.4, -0.2) is 51.4 Å². The fourth-order valence-corrected chi connectivity index (χ4v) is 7.38. The Morgan fingerprint density at radius 1 is 0.776 bits per heavy atom. The van der Waals surface area contributed by atoms with Crippen LogP contribution in [0.5, 0.6) is 0 Å². The zero-order valence-electron chi connectivity index (χ0n) is 30.9. The molecule has 2 aliphatic rings. The molecule has 58 heavy (non-hydrogen) atoms. The van der Waals surface area contributed by atoms with Crippen molar-refractivity contribution in [3.63, 3.8) is 0 Å². The van der Waals surface area contributed by atoms with E-state index in [0.29, 0.717) is 33.6 Å². The average molecular weight is 773 g/mol. The first-order valence-electron chi connectivity index (χ1n) is 18.6. The van der Waals surface area contributed by atoms with Gasteiger partial charge in [-0.3, -0.25) is 44.0 Å². The van der Waals surface area contributed by atoms with Crippen LogP contribution in [0.25, 0.3) is 11.1 Å². The largest absolute Gasteiger partial charge is 0.459 e. The summed E-state index contributed by atoms with van der Waals surface area (Å²) in [6.07, 6.45) is 4.69. The van der Waals surface area contributed by atoms with Crippen LogP contribution in [-0.2, 0) is 25.7 Å². The monoisotopic (exact) mass is 772 g/mol. The zero-order valence-corrected chi connectivity index (χ0v) is 30.9. The van der Waals surface area contributed by atoms with Gasteiger partial charge < -0.3 is 20.0 Å². The van der Waals surface area contributed by atoms with Crippen molar-refractivity contribution in [3.8, 4) is 11.1 Å². The van der Waals surface area contributed by atoms with Crippen LogP contribution in [0.15, 0.2) is 150 Å². The van der Waals surface area contributed by atoms with Crippen molar-refractivity contribution in [3.05, 3.63) is 174 Å². The number of pyridine rings is 1. The lowest BCUT2D eigenvalue weighted by atomic mass is 10.0. The summed E-state index contributed by atoms with van der Waals surface area (Å²) in [4.78, 5) is 88.8. The normalized spacial score (nSPS) is 15.8. The number of anilines is 2. The summed E-state index contributed by atoms with van der Waals surface area (Å²) >= 11 is 0. The molecule has 0 aliphatic carbocycles. The highest BCUT2D eigenvalue weighted by molar-refractivity contribution is 6.10. The number of benzene rings is 4. The SMILES string of the molecule is O=C1CCC(N2Cc3c(NC(=O)[C@@H](NC(=O)[C@@H](c4cccnc4)N(C(=O)c4ccco4)c4ccc(-c5ccccc5)cc4)c4ccccc4)cccc3C2=O)C(=O)N1. The van der Waals surface area contributed by atoms with Crippen LogP contribution in [0.2, 0.25) is 0 Å². The highest BCUT2D eigenvalue weighted by Gasteiger charge is 2.41. The number of amides is 6. The number of carbonyl (C=O) groups is 6. The van der Waals surface area contributed by atoms with Crippen LogP contribution in [0.1, 0.15) is 62.5 Å². The zero-order chi connectivity index (χ0) is 40.2. The molecule has 2 aromatic heterocycles. The van der Waals surface area contributed by atoms with E-state index in [0.717, 1.165) is 11.1 Å². The maximum atomic E-state index is 14.9. The van der Waals surface area contributed by atoms with Crippen molar-refractivity contribution in [1.29, 1.82) is 0 Å². The lowest BCUT2D eigenvalue weighted by molar-refractivity contribution is -0.137. The minimum Gasteiger partial charge on any atom is -0.459 e. The van der Waals surface area contributed by atoms with Crippen molar-refractivity contribution in [2.24, 2.45) is 0 Å². The molecular formula is C45H36N6O7. The van der Waals surface area contributed by atoms with Crippen molar-refractivity contribution >= 4 is 46.8 Å². The van der Waals surface area contributed by atoms with Crippen LogP contribution in [0.4, 0.5) is 11.4 Å². The Bertz CT molecular complexity index is 2490. The first kappa shape index (κ1) is 37.3. The molecule has 6 aromatic rings. The van der Waals surface area contributed by atoms with Gasteiger partial charge in [0.1, 0.15) is 18.1 Å². The number of aromatic nitrogens is 1. The molecule has 13 nitrogen and oxygen atoms in total. The van der Waals surface area contributed by atoms with Gasteiger partial charge in [-0.1, -0.05) is 84.9 Å². The summed E-state index contributed by atoms with van der Waals surface area (Å²) in [5.74, 6) is -3.28. The number of nitrogens with one attached hydrogen (secondary N) is 3. The molecule has 3 N–H and O–H groups in total. The van der Waals surface area contributed by atoms with Gasteiger partial charge in [0.05, 0.1) is 6.26 Å². The molecule has 1 fully saturated rings. The highest BCUT2D eigenvalue weighted by atomic mass is 16.3. The number of rotatable bonds is 11. The van der Waals surface area contributed by atoms with Gasteiger partial charge in [0, 0.05) is 53.4 Å². The van der Waals surface area contributed by atoms with E-state index >= 15 is 0 Å². The lowest BCUT2D eigenvalue weighted by Gasteiger charge is -2.32. The Hall–Kier alpha value is -7.67. The summed E-state index contributed by atoms with van der Waals surface area (Å²) in [6.45, 7) is 0.0231. The van der Waals surface area contributed by atoms with E-state index in [9.17, 15) is 28.8 Å². The molecule has 1 unspecified atom stereocenters. The number of fused-ring (bicyclic) bond motifs is 1. The van der Waals surface area contributed by atoms with Gasteiger partial charge in [-0.15, -0.1) is 0 Å². The summed E-state index contributed by atoms with van der Waals surface area (Å²) in [7, 11) is 0. The summed E-state index contributed by atoms with van der Waals surface area (Å²) in [5.41, 5.74) is 4.18. The van der Waals surface area contributed by atoms with E-state index in [1.807, 2.05) is 42.5 Å². The van der Waals surface area contributed by atoms with Crippen LogP contribution < -0.4 is 20.9 Å². The predicted octanol–water partition coefficient (Wildman–Crippen LogP) is 5.99. The predicted molar refractivity (Wildman–Crippen MR) is 213 cm³/mol. The summed E-state index contributed by atoms with van der Waals surface area (Å²) < 4.78 is 5.55. The maximum absolute atomic E-state index is 14.9. The van der Waals surface area contributed by atoms with E-state index in [1.54, 1.807) is 85.1 Å². The van der Waals surface area contributed by atoms with Crippen molar-refractivity contribution in [2.75, 3.05) is 10.2 Å². The van der Waals surface area contributed by atoms with Gasteiger partial charge in [-0.2, -0.15) is 0 Å². The number of nitrogens with zero attached hydrogens (tertiary/aromatic N) is 3. The third-order valence-corrected chi connectivity index (χ3v) is 10.2. The Balaban J connectivity index is 1.13. The van der Waals surface area contributed by atoms with E-state index in [-0.39, 0.29) is 25.1 Å². The Labute approximate surface area is 332 Å². The third-order valence-electron chi connectivity index (χ3n) is 10.2. The van der Waals surface area contributed by atoms with Gasteiger partial charge in [0.15, 0.2) is 5.76 Å². The molecule has 2 aliphatic heterocycles. The average Bonchev–Trinajstić information content (AvgIpc) is 3.92. The Morgan fingerprint density at radius 3 is 2.19 bits per heavy atom. The van der Waals surface area contributed by atoms with E-state index in [4.69, 9.17) is 4.42 Å². The van der Waals surface area contributed by atoms with Gasteiger partial charge in [0.2, 0.25) is 17.7 Å². The third kappa shape index (κ3) is 7.48. The van der Waals surface area contributed by atoms with E-state index in [1.165, 1.54) is 28.3 Å². The molecule has 4 heterocycles. The molecule has 0 spiro atoms. The number of furan rings is 1. The molecule has 0 radical (unpaired) electrons. The molecule has 8 rings (SSSR count). The number of carbonyl (C=O) groups excluding carboxylic acids is 6. The van der Waals surface area contributed by atoms with E-state index < -0.39 is 53.6 Å². The molecule has 3 atom stereocenters. The second-order valence-corrected chi connectivity index (χ2v) is 13.8. The highest BCUT2D eigenvalue weighted by Crippen LogP contribution is 2.35. The Morgan fingerprint density at radius 2 is 1.50 bits per heavy atom. The standard InChI is InChI=1S/C45H36N6O7/c52-38-23-22-36(41(53)48-38)50-27-34-33(44(50)56)15-7-16-35(34)47-42(54)39(30-12-5-2-6-13-30)49-43(55)40(31-14-8-24-46-26-31)51(45(57)37-17-9-25-58-37)32-20-18-29(19-21-32)28-10-3-1-4-11-28/h1-21,24-26,36,39-40H,22-23,27H2,(H,47,54)(H,49,55)(H,48,52,53)/t36?,39-,40+/m0/s1. The van der Waals surface area contributed by atoms with Crippen molar-refractivity contribution in [2.45, 2.75) is 37.5 Å². The number of hydrogen-bond donors (Lipinski definition) is 3. The Kier molecular flexibility index (Phi) is 10.4. The van der Waals surface area contributed by atoms with E-state index in [2.05, 4.69) is 20.9 Å². The topological polar surface area (TPSA) is 171 Å². The van der Waals surface area contributed by atoms with Crippen LogP contribution in [0, 0.1) is 0 Å². The maximum Gasteiger partial charge on any atom is 0.294 e. The van der Waals surface area contributed by atoms with Gasteiger partial charge in [0.25, 0.3) is 17.7 Å². The second kappa shape index (κ2) is 16.2. The van der Waals surface area contributed by atoms with Gasteiger partial charge in [-0.05, 0) is 65.6 Å². The summed E-state index contributed by atoms with van der Waals surface area (Å²) in [5, 5.41) is 8.14. The summed E-state index contributed by atoms with van der Waals surface area (Å²) in [6, 6.07) is 33.4. The quantitative estimate of drug-likeness (QED) is 0.135. The first-order valence-corrected chi connectivity index (χ1v) is 18.6. The minimum absolute atomic E-state index is 0.00925. The molecular weight excluding hydrogens is 737 g/mol. The molecule has 288 valence electrons. The molecule has 1 saturated heterocycles. The van der Waals surface area contributed by atoms with Crippen molar-refractivity contribution in [1.82, 2.24) is 20.5 Å². The molecule has 13 heteroatoms. The number of hydrogen-bond acceptors (Lipinski definition) is 8. The minimum atomic E-state index is -1.34. The van der Waals surface area contributed by atoms with Crippen LogP contribution in [0.3, 0.4) is 0 Å². The van der Waals surface area contributed by atoms with Crippen molar-refractivity contribution < 1.29 is 33.2 Å². The molecule has 6 amide bonds. The molecule has 0 bridgehead atoms. The second-order valence-electron chi connectivity index (χ2n) is 13.8. The fraction of sp³-hybridized carbons (Fsp3) is 0.133. The first-order chi connectivity index (χ1) is 28.3. The fourth-order valence-electron chi connectivity index (χ4n) is 7.38. The molecule has 4 aromatic carbocycles. The lowest BCUT2D eigenvalue weighted by Crippen LogP contribution is -2.52. The molecule has 0 saturated carbocycles. The van der Waals surface area contributed by atoms with Crippen LogP contribution >= 0.6 is 0 Å². The van der Waals surface area contributed by atoms with Gasteiger partial charge in [-0.25, -0.2) is 0 Å². The smallest absolute Gasteiger partial charge is 0.294 e. The number of piperidine rings is 1. The number of imide groups is 1. The van der Waals surface area contributed by atoms with Gasteiger partial charge >= 0.3 is 0 Å².